The zero-order chi connectivity index (χ0) is 14.1. The maximum Gasteiger partial charge on any atom is 0.317 e. The molecular weight excluding hydrogens is 242 g/mol. The van der Waals surface area contributed by atoms with Gasteiger partial charge in [0.05, 0.1) is 19.7 Å². The van der Waals surface area contributed by atoms with Crippen LogP contribution in [-0.4, -0.2) is 42.2 Å². The number of aryl methyl sites for hydroxylation is 1. The molecule has 1 rings (SSSR count). The van der Waals surface area contributed by atoms with Crippen molar-refractivity contribution in [2.75, 3.05) is 26.2 Å². The first-order valence-corrected chi connectivity index (χ1v) is 6.19. The minimum absolute atomic E-state index is 0.0331. The van der Waals surface area contributed by atoms with Crippen LogP contribution in [0.2, 0.25) is 0 Å². The van der Waals surface area contributed by atoms with Crippen molar-refractivity contribution < 1.29 is 14.6 Å². The molecule has 0 aliphatic rings. The van der Waals surface area contributed by atoms with Crippen LogP contribution < -0.4 is 4.74 Å². The molecule has 0 radical (unpaired) electrons. The van der Waals surface area contributed by atoms with E-state index in [1.54, 1.807) is 4.90 Å². The van der Waals surface area contributed by atoms with Crippen molar-refractivity contribution in [2.24, 2.45) is 0 Å². The van der Waals surface area contributed by atoms with Crippen LogP contribution in [-0.2, 0) is 4.79 Å². The third-order valence-corrected chi connectivity index (χ3v) is 2.55. The number of hydrogen-bond donors (Lipinski definition) is 1. The van der Waals surface area contributed by atoms with Crippen molar-refractivity contribution in [2.45, 2.75) is 13.3 Å². The summed E-state index contributed by atoms with van der Waals surface area (Å²) in [4.78, 5) is 12.3. The van der Waals surface area contributed by atoms with Crippen molar-refractivity contribution in [3.8, 4) is 18.1 Å². The fourth-order valence-electron chi connectivity index (χ4n) is 1.72. The lowest BCUT2D eigenvalue weighted by Gasteiger charge is -2.17. The second-order valence-electron chi connectivity index (χ2n) is 4.33. The molecule has 0 bridgehead atoms. The van der Waals surface area contributed by atoms with Crippen LogP contribution in [0.4, 0.5) is 0 Å². The summed E-state index contributed by atoms with van der Waals surface area (Å²) in [7, 11) is 0. The van der Waals surface area contributed by atoms with Crippen molar-refractivity contribution in [1.82, 2.24) is 4.90 Å². The van der Waals surface area contributed by atoms with Gasteiger partial charge in [0, 0.05) is 6.54 Å². The third-order valence-electron chi connectivity index (χ3n) is 2.55. The molecule has 4 nitrogen and oxygen atoms in total. The molecule has 4 heteroatoms. The predicted octanol–water partition coefficient (Wildman–Crippen LogP) is 1.78. The average molecular weight is 261 g/mol. The molecule has 0 aromatic heterocycles. The van der Waals surface area contributed by atoms with Gasteiger partial charge < -0.3 is 9.84 Å². The number of hydrogen-bond acceptors (Lipinski definition) is 3. The molecule has 0 heterocycles. The zero-order valence-corrected chi connectivity index (χ0v) is 11.1. The van der Waals surface area contributed by atoms with E-state index in [0.717, 1.165) is 17.7 Å². The van der Waals surface area contributed by atoms with E-state index in [0.29, 0.717) is 19.7 Å². The molecular formula is C15H19NO3. The number of aliphatic carboxylic acids is 1. The quantitative estimate of drug-likeness (QED) is 0.572. The van der Waals surface area contributed by atoms with Crippen LogP contribution in [0, 0.1) is 19.3 Å². The van der Waals surface area contributed by atoms with Crippen LogP contribution in [0.5, 0.6) is 5.75 Å². The van der Waals surface area contributed by atoms with Crippen LogP contribution in [0.1, 0.15) is 12.0 Å². The van der Waals surface area contributed by atoms with Gasteiger partial charge in [-0.3, -0.25) is 9.69 Å². The molecule has 102 valence electrons. The van der Waals surface area contributed by atoms with E-state index in [1.807, 2.05) is 31.2 Å². The highest BCUT2D eigenvalue weighted by atomic mass is 16.5. The van der Waals surface area contributed by atoms with E-state index in [4.69, 9.17) is 16.3 Å². The van der Waals surface area contributed by atoms with Gasteiger partial charge in [0.2, 0.25) is 0 Å². The van der Waals surface area contributed by atoms with Gasteiger partial charge in [0.25, 0.3) is 0 Å². The molecule has 0 saturated heterocycles. The number of ether oxygens (including phenoxy) is 1. The summed E-state index contributed by atoms with van der Waals surface area (Å²) >= 11 is 0. The van der Waals surface area contributed by atoms with Crippen molar-refractivity contribution in [3.05, 3.63) is 29.8 Å². The van der Waals surface area contributed by atoms with E-state index < -0.39 is 5.97 Å². The molecule has 1 N–H and O–H groups in total. The largest absolute Gasteiger partial charge is 0.494 e. The van der Waals surface area contributed by atoms with E-state index >= 15 is 0 Å². The minimum Gasteiger partial charge on any atom is -0.494 e. The number of carboxylic acid groups (broad SMARTS) is 1. The summed E-state index contributed by atoms with van der Waals surface area (Å²) in [5, 5.41) is 8.73. The Kier molecular flexibility index (Phi) is 6.48. The van der Waals surface area contributed by atoms with E-state index in [1.165, 1.54) is 0 Å². The Balaban J connectivity index is 2.28. The van der Waals surface area contributed by atoms with Crippen molar-refractivity contribution in [1.29, 1.82) is 0 Å². The molecule has 0 aliphatic heterocycles. The molecule has 0 unspecified atom stereocenters. The van der Waals surface area contributed by atoms with E-state index in [2.05, 4.69) is 5.92 Å². The maximum absolute atomic E-state index is 10.6. The Morgan fingerprint density at radius 2 is 2.32 bits per heavy atom. The lowest BCUT2D eigenvalue weighted by Crippen LogP contribution is -2.31. The van der Waals surface area contributed by atoms with Gasteiger partial charge >= 0.3 is 5.97 Å². The molecule has 1 aromatic carbocycles. The van der Waals surface area contributed by atoms with Crippen LogP contribution >= 0.6 is 0 Å². The molecule has 0 amide bonds. The monoisotopic (exact) mass is 261 g/mol. The highest BCUT2D eigenvalue weighted by molar-refractivity contribution is 5.69. The lowest BCUT2D eigenvalue weighted by atomic mass is 10.2. The van der Waals surface area contributed by atoms with Gasteiger partial charge in [-0.15, -0.1) is 6.42 Å². The summed E-state index contributed by atoms with van der Waals surface area (Å²) in [5.41, 5.74) is 1.15. The zero-order valence-electron chi connectivity index (χ0n) is 11.1. The standard InChI is InChI=1S/C15H19NO3/c1-3-8-16(12-15(17)18)9-5-10-19-14-7-4-6-13(2)11-14/h1,4,6-7,11H,5,8-10,12H2,2H3,(H,17,18). The Bertz CT molecular complexity index is 451. The number of carbonyl (C=O) groups is 1. The van der Waals surface area contributed by atoms with Crippen molar-refractivity contribution in [3.63, 3.8) is 0 Å². The first kappa shape index (κ1) is 15.1. The van der Waals surface area contributed by atoms with Gasteiger partial charge in [0.1, 0.15) is 5.75 Å². The fraction of sp³-hybridized carbons (Fsp3) is 0.400. The average Bonchev–Trinajstić information content (AvgIpc) is 2.34. The van der Waals surface area contributed by atoms with Gasteiger partial charge in [-0.25, -0.2) is 0 Å². The molecule has 0 spiro atoms. The highest BCUT2D eigenvalue weighted by Gasteiger charge is 2.07. The molecule has 0 saturated carbocycles. The summed E-state index contributed by atoms with van der Waals surface area (Å²) in [6, 6.07) is 7.83. The maximum atomic E-state index is 10.6. The predicted molar refractivity (Wildman–Crippen MR) is 74.2 cm³/mol. The Morgan fingerprint density at radius 1 is 1.53 bits per heavy atom. The first-order valence-electron chi connectivity index (χ1n) is 6.19. The minimum atomic E-state index is -0.866. The van der Waals surface area contributed by atoms with Crippen LogP contribution in [0.25, 0.3) is 0 Å². The Labute approximate surface area is 114 Å². The second-order valence-corrected chi connectivity index (χ2v) is 4.33. The summed E-state index contributed by atoms with van der Waals surface area (Å²) in [6.45, 7) is 3.48. The number of rotatable bonds is 8. The molecule has 1 aromatic rings. The molecule has 0 fully saturated rings. The van der Waals surface area contributed by atoms with Crippen LogP contribution in [0.15, 0.2) is 24.3 Å². The molecule has 0 atom stereocenters. The summed E-state index contributed by atoms with van der Waals surface area (Å²) in [5.74, 6) is 2.43. The van der Waals surface area contributed by atoms with Gasteiger partial charge in [-0.1, -0.05) is 18.1 Å². The van der Waals surface area contributed by atoms with Crippen molar-refractivity contribution >= 4 is 5.97 Å². The summed E-state index contributed by atoms with van der Waals surface area (Å²) < 4.78 is 5.59. The topological polar surface area (TPSA) is 49.8 Å². The molecule has 0 aliphatic carbocycles. The van der Waals surface area contributed by atoms with Gasteiger partial charge in [-0.05, 0) is 31.0 Å². The highest BCUT2D eigenvalue weighted by Crippen LogP contribution is 2.12. The van der Waals surface area contributed by atoms with Gasteiger partial charge in [0.15, 0.2) is 0 Å². The second kappa shape index (κ2) is 8.17. The third kappa shape index (κ3) is 6.49. The number of terminal acetylenes is 1. The van der Waals surface area contributed by atoms with Gasteiger partial charge in [-0.2, -0.15) is 0 Å². The van der Waals surface area contributed by atoms with E-state index in [9.17, 15) is 4.79 Å². The Morgan fingerprint density at radius 3 is 2.95 bits per heavy atom. The Hall–Kier alpha value is -1.99. The smallest absolute Gasteiger partial charge is 0.317 e. The number of nitrogens with zero attached hydrogens (tertiary/aromatic N) is 1. The number of benzene rings is 1. The lowest BCUT2D eigenvalue weighted by molar-refractivity contribution is -0.138. The SMILES string of the molecule is C#CCN(CCCOc1cccc(C)c1)CC(=O)O. The number of carboxylic acids is 1. The summed E-state index contributed by atoms with van der Waals surface area (Å²) in [6.07, 6.45) is 5.94. The van der Waals surface area contributed by atoms with Crippen LogP contribution in [0.3, 0.4) is 0 Å². The fourth-order valence-corrected chi connectivity index (χ4v) is 1.72. The first-order chi connectivity index (χ1) is 9.11. The molecule has 19 heavy (non-hydrogen) atoms. The normalized spacial score (nSPS) is 10.2. The van der Waals surface area contributed by atoms with E-state index in [-0.39, 0.29) is 6.54 Å².